The second-order valence-corrected chi connectivity index (χ2v) is 3.07. The average molecular weight is 218 g/mol. The molecule has 1 aromatic heterocycles. The predicted molar refractivity (Wildman–Crippen MR) is 66.8 cm³/mol. The van der Waals surface area contributed by atoms with Gasteiger partial charge in [-0.05, 0) is 30.7 Å². The van der Waals surface area contributed by atoms with Gasteiger partial charge in [0.1, 0.15) is 5.82 Å². The van der Waals surface area contributed by atoms with E-state index in [1.54, 1.807) is 18.3 Å². The maximum atomic E-state index is 11.6. The number of hydrogen-bond acceptors (Lipinski definition) is 2. The third kappa shape index (κ3) is 4.55. The molecular weight excluding hydrogens is 203 g/mol. The Bertz CT molecular complexity index is 377. The van der Waals surface area contributed by atoms with Gasteiger partial charge in [-0.3, -0.25) is 0 Å². The third-order valence-electron chi connectivity index (χ3n) is 1.84. The lowest BCUT2D eigenvalue weighted by Gasteiger charge is -2.00. The zero-order valence-corrected chi connectivity index (χ0v) is 9.23. The molecule has 3 heteroatoms. The summed E-state index contributed by atoms with van der Waals surface area (Å²) in [5.41, 5.74) is 1.01. The molecule has 1 aromatic rings. The Kier molecular flexibility index (Phi) is 5.63. The molecule has 2 nitrogen and oxygen atoms in total. The second-order valence-electron chi connectivity index (χ2n) is 3.07. The zero-order chi connectivity index (χ0) is 11.6. The molecule has 16 heavy (non-hydrogen) atoms. The summed E-state index contributed by atoms with van der Waals surface area (Å²) in [6.45, 7) is 2.89. The van der Waals surface area contributed by atoms with E-state index in [9.17, 15) is 4.39 Å². The van der Waals surface area contributed by atoms with Crippen LogP contribution in [0.1, 0.15) is 12.5 Å². The molecule has 0 saturated heterocycles. The maximum Gasteiger partial charge on any atom is 0.125 e. The molecule has 0 aliphatic heterocycles. The molecule has 0 radical (unpaired) electrons. The first-order valence-electron chi connectivity index (χ1n) is 5.17. The number of anilines is 1. The lowest BCUT2D eigenvalue weighted by Crippen LogP contribution is -1.98. The van der Waals surface area contributed by atoms with Crippen LogP contribution >= 0.6 is 0 Å². The van der Waals surface area contributed by atoms with Gasteiger partial charge in [-0.2, -0.15) is 0 Å². The quantitative estimate of drug-likeness (QED) is 0.764. The van der Waals surface area contributed by atoms with Crippen LogP contribution in [-0.2, 0) is 0 Å². The van der Waals surface area contributed by atoms with Crippen molar-refractivity contribution in [1.29, 1.82) is 0 Å². The SMILES string of the molecule is CCNc1ccc(/C=C/C=C\C=C\F)cn1. The fourth-order valence-corrected chi connectivity index (χ4v) is 1.13. The van der Waals surface area contributed by atoms with Crippen molar-refractivity contribution in [2.75, 3.05) is 11.9 Å². The van der Waals surface area contributed by atoms with Gasteiger partial charge in [0.15, 0.2) is 0 Å². The lowest BCUT2D eigenvalue weighted by atomic mass is 10.2. The van der Waals surface area contributed by atoms with Crippen LogP contribution in [-0.4, -0.2) is 11.5 Å². The van der Waals surface area contributed by atoms with Crippen molar-refractivity contribution in [3.8, 4) is 0 Å². The minimum atomic E-state index is 0.497. The summed E-state index contributed by atoms with van der Waals surface area (Å²) in [6.07, 6.45) is 10.7. The van der Waals surface area contributed by atoms with Gasteiger partial charge >= 0.3 is 0 Å². The lowest BCUT2D eigenvalue weighted by molar-refractivity contribution is 0.721. The van der Waals surface area contributed by atoms with Crippen LogP contribution in [0.2, 0.25) is 0 Å². The minimum absolute atomic E-state index is 0.497. The molecule has 0 bridgehead atoms. The summed E-state index contributed by atoms with van der Waals surface area (Å²) in [4.78, 5) is 4.22. The highest BCUT2D eigenvalue weighted by atomic mass is 19.1. The van der Waals surface area contributed by atoms with E-state index in [0.29, 0.717) is 6.33 Å². The van der Waals surface area contributed by atoms with Crippen molar-refractivity contribution >= 4 is 11.9 Å². The summed E-state index contributed by atoms with van der Waals surface area (Å²) < 4.78 is 11.6. The zero-order valence-electron chi connectivity index (χ0n) is 9.23. The number of pyridine rings is 1. The molecule has 0 unspecified atom stereocenters. The van der Waals surface area contributed by atoms with Gasteiger partial charge in [-0.1, -0.05) is 24.3 Å². The predicted octanol–water partition coefficient (Wildman–Crippen LogP) is 3.57. The Balaban J connectivity index is 2.54. The Morgan fingerprint density at radius 2 is 2.06 bits per heavy atom. The van der Waals surface area contributed by atoms with Crippen molar-refractivity contribution < 1.29 is 4.39 Å². The van der Waals surface area contributed by atoms with Crippen molar-refractivity contribution in [3.05, 3.63) is 54.5 Å². The summed E-state index contributed by atoms with van der Waals surface area (Å²) in [7, 11) is 0. The van der Waals surface area contributed by atoms with Crippen LogP contribution < -0.4 is 5.32 Å². The van der Waals surface area contributed by atoms with Gasteiger partial charge in [-0.25, -0.2) is 9.37 Å². The highest BCUT2D eigenvalue weighted by Gasteiger charge is 1.90. The van der Waals surface area contributed by atoms with E-state index >= 15 is 0 Å². The van der Waals surface area contributed by atoms with Gasteiger partial charge in [0.2, 0.25) is 0 Å². The molecule has 0 aliphatic carbocycles. The van der Waals surface area contributed by atoms with E-state index in [4.69, 9.17) is 0 Å². The molecule has 0 saturated carbocycles. The fourth-order valence-electron chi connectivity index (χ4n) is 1.13. The number of aromatic nitrogens is 1. The number of nitrogens with one attached hydrogen (secondary N) is 1. The normalized spacial score (nSPS) is 11.9. The van der Waals surface area contributed by atoms with E-state index < -0.39 is 0 Å². The summed E-state index contributed by atoms with van der Waals surface area (Å²) in [5, 5.41) is 3.12. The topological polar surface area (TPSA) is 24.9 Å². The summed E-state index contributed by atoms with van der Waals surface area (Å²) in [5.74, 6) is 0.871. The molecule has 0 atom stereocenters. The largest absolute Gasteiger partial charge is 0.370 e. The molecule has 0 amide bonds. The number of rotatable bonds is 5. The molecule has 1 N–H and O–H groups in total. The smallest absolute Gasteiger partial charge is 0.125 e. The number of hydrogen-bond donors (Lipinski definition) is 1. The van der Waals surface area contributed by atoms with E-state index in [1.807, 2.05) is 31.2 Å². The summed E-state index contributed by atoms with van der Waals surface area (Å²) >= 11 is 0. The monoisotopic (exact) mass is 218 g/mol. The molecular formula is C13H15FN2. The van der Waals surface area contributed by atoms with E-state index in [1.165, 1.54) is 6.08 Å². The fraction of sp³-hybridized carbons (Fsp3) is 0.154. The second kappa shape index (κ2) is 7.40. The highest BCUT2D eigenvalue weighted by molar-refractivity contribution is 5.52. The molecule has 0 aliphatic rings. The Morgan fingerprint density at radius 1 is 1.25 bits per heavy atom. The standard InChI is InChI=1S/C13H15FN2/c1-2-15-13-9-8-12(11-16-13)7-5-3-4-6-10-14/h3-11H,2H2,1H3,(H,15,16)/b4-3-,7-5+,10-6+. The van der Waals surface area contributed by atoms with Crippen molar-refractivity contribution in [2.45, 2.75) is 6.92 Å². The van der Waals surface area contributed by atoms with Crippen molar-refractivity contribution in [3.63, 3.8) is 0 Å². The Labute approximate surface area is 95.2 Å². The molecule has 84 valence electrons. The van der Waals surface area contributed by atoms with Gasteiger partial charge in [0.05, 0.1) is 6.33 Å². The average Bonchev–Trinajstić information content (AvgIpc) is 2.31. The van der Waals surface area contributed by atoms with Crippen LogP contribution in [0.3, 0.4) is 0 Å². The highest BCUT2D eigenvalue weighted by Crippen LogP contribution is 2.06. The first-order valence-corrected chi connectivity index (χ1v) is 5.17. The van der Waals surface area contributed by atoms with Crippen molar-refractivity contribution in [1.82, 2.24) is 4.98 Å². The van der Waals surface area contributed by atoms with Crippen LogP contribution in [0.15, 0.2) is 49.0 Å². The van der Waals surface area contributed by atoms with Crippen molar-refractivity contribution in [2.24, 2.45) is 0 Å². The Hall–Kier alpha value is -1.90. The maximum absolute atomic E-state index is 11.6. The van der Waals surface area contributed by atoms with Gasteiger partial charge < -0.3 is 5.32 Å². The summed E-state index contributed by atoms with van der Waals surface area (Å²) in [6, 6.07) is 3.90. The van der Waals surface area contributed by atoms with Gasteiger partial charge in [0, 0.05) is 12.7 Å². The molecule has 1 heterocycles. The molecule has 0 aromatic carbocycles. The van der Waals surface area contributed by atoms with E-state index in [-0.39, 0.29) is 0 Å². The first-order chi connectivity index (χ1) is 7.86. The van der Waals surface area contributed by atoms with Crippen LogP contribution in [0.5, 0.6) is 0 Å². The molecule has 1 rings (SSSR count). The van der Waals surface area contributed by atoms with Gasteiger partial charge in [0.25, 0.3) is 0 Å². The van der Waals surface area contributed by atoms with Crippen LogP contribution in [0.25, 0.3) is 6.08 Å². The van der Waals surface area contributed by atoms with Gasteiger partial charge in [-0.15, -0.1) is 0 Å². The molecule has 0 fully saturated rings. The number of halogens is 1. The van der Waals surface area contributed by atoms with Crippen LogP contribution in [0, 0.1) is 0 Å². The first kappa shape index (κ1) is 12.2. The Morgan fingerprint density at radius 3 is 2.69 bits per heavy atom. The number of nitrogens with zero attached hydrogens (tertiary/aromatic N) is 1. The molecule has 0 spiro atoms. The van der Waals surface area contributed by atoms with Crippen LogP contribution in [0.4, 0.5) is 10.2 Å². The third-order valence-corrected chi connectivity index (χ3v) is 1.84. The van der Waals surface area contributed by atoms with E-state index in [0.717, 1.165) is 17.9 Å². The number of allylic oxidation sites excluding steroid dienone is 4. The van der Waals surface area contributed by atoms with E-state index in [2.05, 4.69) is 10.3 Å². The minimum Gasteiger partial charge on any atom is -0.370 e.